The number of nitrogens with one attached hydrogen (secondary N) is 2. The zero-order chi connectivity index (χ0) is 15.1. The van der Waals surface area contributed by atoms with Gasteiger partial charge in [0.05, 0.1) is 6.61 Å². The van der Waals surface area contributed by atoms with Crippen LogP contribution < -0.4 is 10.0 Å². The molecule has 4 amide bonds. The monoisotopic (exact) mass is 290 g/mol. The number of amidine groups is 1. The Morgan fingerprint density at radius 3 is 2.32 bits per heavy atom. The molecule has 0 fully saturated rings. The lowest BCUT2D eigenvalue weighted by Crippen LogP contribution is -2.40. The maximum atomic E-state index is 11.6. The van der Waals surface area contributed by atoms with Crippen molar-refractivity contribution in [3.63, 3.8) is 0 Å². The minimum Gasteiger partial charge on any atom is -0.465 e. The predicted octanol–water partition coefficient (Wildman–Crippen LogP) is 1.81. The average molecular weight is 290 g/mol. The number of hydrogen-bond acceptors (Lipinski definition) is 4. The molecule has 0 aliphatic rings. The van der Waals surface area contributed by atoms with Gasteiger partial charge in [-0.25, -0.2) is 9.59 Å². The van der Waals surface area contributed by atoms with E-state index in [1.165, 1.54) is 16.8 Å². The summed E-state index contributed by atoms with van der Waals surface area (Å²) < 4.78 is 7.57. The maximum Gasteiger partial charge on any atom is 0.347 e. The molecule has 19 heavy (non-hydrogen) atoms. The molecule has 0 rings (SSSR count). The molecule has 0 unspecified atom stereocenters. The minimum atomic E-state index is -0.507. The lowest BCUT2D eigenvalue weighted by atomic mass is 10.3. The topological polar surface area (TPSA) is 83.0 Å². The summed E-state index contributed by atoms with van der Waals surface area (Å²) in [6.07, 6.45) is 0. The summed E-state index contributed by atoms with van der Waals surface area (Å²) in [6, 6.07) is -1.11. The SMILES string of the molecule is CCOC(=NC(=O)N(C)C)NC(=O)NSC(C)(C)C. The molecule has 0 saturated carbocycles. The zero-order valence-corrected chi connectivity index (χ0v) is 13.1. The number of aliphatic imine (C=N–C) groups is 1. The number of amides is 4. The molecule has 0 radical (unpaired) electrons. The van der Waals surface area contributed by atoms with E-state index in [-0.39, 0.29) is 10.8 Å². The number of nitrogens with zero attached hydrogens (tertiary/aromatic N) is 2. The molecule has 0 aromatic rings. The van der Waals surface area contributed by atoms with Crippen molar-refractivity contribution in [3.8, 4) is 0 Å². The summed E-state index contributed by atoms with van der Waals surface area (Å²) in [7, 11) is 3.12. The lowest BCUT2D eigenvalue weighted by Gasteiger charge is -2.18. The smallest absolute Gasteiger partial charge is 0.347 e. The molecule has 0 atom stereocenters. The molecular formula is C11H22N4O3S. The quantitative estimate of drug-likeness (QED) is 0.461. The van der Waals surface area contributed by atoms with Crippen LogP contribution in [0.25, 0.3) is 0 Å². The summed E-state index contributed by atoms with van der Waals surface area (Å²) in [6.45, 7) is 7.92. The van der Waals surface area contributed by atoms with Gasteiger partial charge >= 0.3 is 18.1 Å². The van der Waals surface area contributed by atoms with Crippen LogP contribution in [0.4, 0.5) is 9.59 Å². The second kappa shape index (κ2) is 7.88. The molecule has 0 spiro atoms. The molecule has 0 aliphatic heterocycles. The van der Waals surface area contributed by atoms with Crippen LogP contribution in [0.2, 0.25) is 0 Å². The number of urea groups is 2. The van der Waals surface area contributed by atoms with E-state index >= 15 is 0 Å². The molecule has 2 N–H and O–H groups in total. The van der Waals surface area contributed by atoms with E-state index < -0.39 is 12.1 Å². The van der Waals surface area contributed by atoms with Crippen LogP contribution in [0.5, 0.6) is 0 Å². The van der Waals surface area contributed by atoms with Crippen molar-refractivity contribution >= 4 is 30.0 Å². The predicted molar refractivity (Wildman–Crippen MR) is 77.2 cm³/mol. The number of ether oxygens (including phenoxy) is 1. The maximum absolute atomic E-state index is 11.6. The molecule has 0 saturated heterocycles. The first-order valence-corrected chi connectivity index (χ1v) is 6.65. The van der Waals surface area contributed by atoms with Gasteiger partial charge in [0.25, 0.3) is 0 Å². The molecule has 0 heterocycles. The Morgan fingerprint density at radius 1 is 1.32 bits per heavy atom. The first-order valence-electron chi connectivity index (χ1n) is 5.83. The Bertz CT molecular complexity index is 350. The molecule has 0 aliphatic carbocycles. The van der Waals surface area contributed by atoms with Gasteiger partial charge in [0.15, 0.2) is 0 Å². The third-order valence-electron chi connectivity index (χ3n) is 1.53. The Balaban J connectivity index is 4.50. The molecule has 7 nitrogen and oxygen atoms in total. The lowest BCUT2D eigenvalue weighted by molar-refractivity contribution is 0.224. The molecule has 110 valence electrons. The van der Waals surface area contributed by atoms with Gasteiger partial charge in [-0.3, -0.25) is 10.0 Å². The molecular weight excluding hydrogens is 268 g/mol. The summed E-state index contributed by atoms with van der Waals surface area (Å²) in [5.41, 5.74) is 0. The van der Waals surface area contributed by atoms with E-state index in [0.717, 1.165) is 0 Å². The van der Waals surface area contributed by atoms with E-state index in [0.29, 0.717) is 6.61 Å². The highest BCUT2D eigenvalue weighted by Gasteiger charge is 2.15. The van der Waals surface area contributed by atoms with Gasteiger partial charge in [-0.05, 0) is 39.6 Å². The third kappa shape index (κ3) is 9.18. The van der Waals surface area contributed by atoms with E-state index in [9.17, 15) is 9.59 Å². The van der Waals surface area contributed by atoms with Crippen LogP contribution in [-0.2, 0) is 4.74 Å². The molecule has 0 bridgehead atoms. The van der Waals surface area contributed by atoms with E-state index in [4.69, 9.17) is 4.74 Å². The van der Waals surface area contributed by atoms with Gasteiger partial charge in [-0.2, -0.15) is 0 Å². The van der Waals surface area contributed by atoms with Crippen LogP contribution >= 0.6 is 11.9 Å². The standard InChI is InChI=1S/C11H22N4O3S/c1-7-18-9(13-10(17)15(5)6)12-8(16)14-19-11(2,3)4/h7H2,1-6H3,(H2,12,13,14,16,17). The summed E-state index contributed by atoms with van der Waals surface area (Å²) in [5, 5.41) is 2.39. The molecule has 0 aromatic carbocycles. The van der Waals surface area contributed by atoms with Crippen LogP contribution in [0.1, 0.15) is 27.7 Å². The van der Waals surface area contributed by atoms with Gasteiger partial charge in [0.1, 0.15) is 0 Å². The summed E-state index contributed by atoms with van der Waals surface area (Å²) >= 11 is 1.26. The second-order valence-corrected chi connectivity index (χ2v) is 6.43. The number of carbonyl (C=O) groups excluding carboxylic acids is 2. The Kier molecular flexibility index (Phi) is 7.28. The molecule has 8 heteroatoms. The van der Waals surface area contributed by atoms with Gasteiger partial charge in [-0.1, -0.05) is 0 Å². The van der Waals surface area contributed by atoms with Gasteiger partial charge in [-0.15, -0.1) is 4.99 Å². The Labute approximate surface area is 118 Å². The highest BCUT2D eigenvalue weighted by atomic mass is 32.2. The summed E-state index contributed by atoms with van der Waals surface area (Å²) in [5.74, 6) is 0. The highest BCUT2D eigenvalue weighted by molar-refractivity contribution is 7.99. The van der Waals surface area contributed by atoms with Crippen molar-refractivity contribution in [1.29, 1.82) is 0 Å². The first-order chi connectivity index (χ1) is 8.65. The fraction of sp³-hybridized carbons (Fsp3) is 0.727. The Hall–Kier alpha value is -1.44. The van der Waals surface area contributed by atoms with Crippen molar-refractivity contribution in [2.45, 2.75) is 32.4 Å². The largest absolute Gasteiger partial charge is 0.465 e. The van der Waals surface area contributed by atoms with Crippen molar-refractivity contribution in [3.05, 3.63) is 0 Å². The van der Waals surface area contributed by atoms with E-state index in [2.05, 4.69) is 15.0 Å². The van der Waals surface area contributed by atoms with Gasteiger partial charge in [0.2, 0.25) is 0 Å². The van der Waals surface area contributed by atoms with Crippen molar-refractivity contribution < 1.29 is 14.3 Å². The van der Waals surface area contributed by atoms with Crippen LogP contribution in [0.15, 0.2) is 4.99 Å². The van der Waals surface area contributed by atoms with Crippen LogP contribution in [0.3, 0.4) is 0 Å². The van der Waals surface area contributed by atoms with Crippen molar-refractivity contribution in [1.82, 2.24) is 14.9 Å². The van der Waals surface area contributed by atoms with E-state index in [1.807, 2.05) is 20.8 Å². The normalized spacial score (nSPS) is 11.8. The highest BCUT2D eigenvalue weighted by Crippen LogP contribution is 2.18. The Morgan fingerprint density at radius 2 is 1.89 bits per heavy atom. The van der Waals surface area contributed by atoms with Crippen LogP contribution in [0, 0.1) is 0 Å². The molecule has 0 aromatic heterocycles. The van der Waals surface area contributed by atoms with E-state index in [1.54, 1.807) is 21.0 Å². The average Bonchev–Trinajstić information content (AvgIpc) is 2.25. The van der Waals surface area contributed by atoms with Crippen molar-refractivity contribution in [2.75, 3.05) is 20.7 Å². The van der Waals surface area contributed by atoms with Crippen LogP contribution in [-0.4, -0.2) is 48.4 Å². The minimum absolute atomic E-state index is 0.111. The fourth-order valence-electron chi connectivity index (χ4n) is 0.742. The first kappa shape index (κ1) is 17.6. The fourth-order valence-corrected chi connectivity index (χ4v) is 1.19. The number of hydrogen-bond donors (Lipinski definition) is 2. The second-order valence-electron chi connectivity index (χ2n) is 4.80. The number of carbonyl (C=O) groups is 2. The number of rotatable bonds is 2. The zero-order valence-electron chi connectivity index (χ0n) is 12.2. The van der Waals surface area contributed by atoms with Gasteiger partial charge < -0.3 is 9.64 Å². The van der Waals surface area contributed by atoms with Crippen molar-refractivity contribution in [2.24, 2.45) is 4.99 Å². The summed E-state index contributed by atoms with van der Waals surface area (Å²) in [4.78, 5) is 27.9. The van der Waals surface area contributed by atoms with Gasteiger partial charge in [0, 0.05) is 18.8 Å². The third-order valence-corrected chi connectivity index (χ3v) is 2.43.